The maximum Gasteiger partial charge on any atom is 0.125 e. The van der Waals surface area contributed by atoms with Crippen molar-refractivity contribution in [3.8, 4) is 0 Å². The molecule has 0 bridgehead atoms. The molecule has 3 aliphatic heterocycles. The molecule has 3 saturated heterocycles. The fourth-order valence-corrected chi connectivity index (χ4v) is 11.5. The van der Waals surface area contributed by atoms with E-state index in [0.717, 1.165) is 38.1 Å². The van der Waals surface area contributed by atoms with Crippen molar-refractivity contribution in [2.45, 2.75) is 111 Å². The van der Waals surface area contributed by atoms with Gasteiger partial charge in [-0.15, -0.1) is 0 Å². The maximum absolute atomic E-state index is 10.3. The molecule has 0 aromatic heterocycles. The molecule has 172 valence electrons. The van der Waals surface area contributed by atoms with Gasteiger partial charge in [0.2, 0.25) is 0 Å². The Bertz CT molecular complexity index is 849. The van der Waals surface area contributed by atoms with Gasteiger partial charge in [0, 0.05) is 6.04 Å². The van der Waals surface area contributed by atoms with Crippen LogP contribution in [0.1, 0.15) is 72.1 Å². The van der Waals surface area contributed by atoms with Gasteiger partial charge in [-0.1, -0.05) is 48.1 Å². The highest BCUT2D eigenvalue weighted by molar-refractivity contribution is 14.1. The number of piperidine rings is 1. The molecule has 3 saturated carbocycles. The van der Waals surface area contributed by atoms with Crippen LogP contribution < -0.4 is 5.32 Å². The van der Waals surface area contributed by atoms with Crippen molar-refractivity contribution in [2.75, 3.05) is 6.54 Å². The molecule has 2 spiro atoms. The van der Waals surface area contributed by atoms with Crippen LogP contribution >= 0.6 is 22.6 Å². The van der Waals surface area contributed by atoms with E-state index in [1.165, 1.54) is 25.7 Å². The Kier molecular flexibility index (Phi) is 4.20. The van der Waals surface area contributed by atoms with Crippen molar-refractivity contribution in [1.29, 1.82) is 0 Å². The Morgan fingerprint density at radius 3 is 2.84 bits per heavy atom. The summed E-state index contributed by atoms with van der Waals surface area (Å²) in [5, 5.41) is 14.2. The second-order valence-electron chi connectivity index (χ2n) is 12.6. The first kappa shape index (κ1) is 20.7. The van der Waals surface area contributed by atoms with E-state index in [9.17, 15) is 5.11 Å². The number of alkyl halides is 1. The zero-order valence-electron chi connectivity index (χ0n) is 19.2. The third kappa shape index (κ3) is 2.32. The second-order valence-corrected chi connectivity index (χ2v) is 14.0. The Morgan fingerprint density at radius 2 is 2.00 bits per heavy atom. The molecule has 0 radical (unpaired) electrons. The van der Waals surface area contributed by atoms with Crippen LogP contribution in [0.5, 0.6) is 0 Å². The standard InChI is InChI=1S/C26H38INO3/c1-14-10-20-21(28-13-14)22(27)25(30-20)9-7-18-17-5-4-15-11-16(29)6-8-23(15,2)19(17)12-26(18)24(25,3)31-26/h4,14,16-22,28-29H,5-13H2,1-3H3/t14-,16-,17-,18-,19-,20+,21+,22+,23-,24?,25+,26?/m0/s1. The zero-order valence-corrected chi connectivity index (χ0v) is 21.4. The maximum atomic E-state index is 10.3. The number of aliphatic hydroxyl groups is 1. The summed E-state index contributed by atoms with van der Waals surface area (Å²) in [5.74, 6) is 2.82. The third-order valence-electron chi connectivity index (χ3n) is 11.4. The number of rotatable bonds is 0. The van der Waals surface area contributed by atoms with Crippen molar-refractivity contribution < 1.29 is 14.6 Å². The molecule has 6 fully saturated rings. The van der Waals surface area contributed by atoms with Gasteiger partial charge in [0.25, 0.3) is 0 Å². The molecule has 31 heavy (non-hydrogen) atoms. The predicted octanol–water partition coefficient (Wildman–Crippen LogP) is 4.38. The quantitative estimate of drug-likeness (QED) is 0.208. The largest absolute Gasteiger partial charge is 0.393 e. The van der Waals surface area contributed by atoms with Crippen LogP contribution in [0.25, 0.3) is 0 Å². The summed E-state index contributed by atoms with van der Waals surface area (Å²) < 4.78 is 14.6. The number of epoxide rings is 1. The fourth-order valence-electron chi connectivity index (χ4n) is 9.73. The lowest BCUT2D eigenvalue weighted by Gasteiger charge is -2.49. The Morgan fingerprint density at radius 1 is 1.16 bits per heavy atom. The summed E-state index contributed by atoms with van der Waals surface area (Å²) in [5.41, 5.74) is 1.56. The van der Waals surface area contributed by atoms with Crippen LogP contribution in [0.3, 0.4) is 0 Å². The molecule has 2 N–H and O–H groups in total. The van der Waals surface area contributed by atoms with E-state index in [-0.39, 0.29) is 28.3 Å². The Balaban J connectivity index is 1.23. The van der Waals surface area contributed by atoms with Gasteiger partial charge in [-0.05, 0) is 93.9 Å². The van der Waals surface area contributed by atoms with Crippen molar-refractivity contribution >= 4 is 22.6 Å². The summed E-state index contributed by atoms with van der Waals surface area (Å²) in [7, 11) is 0. The highest BCUT2D eigenvalue weighted by Crippen LogP contribution is 2.78. The normalized spacial score (nSPS) is 64.1. The zero-order chi connectivity index (χ0) is 21.4. The Labute approximate surface area is 200 Å². The lowest BCUT2D eigenvalue weighted by molar-refractivity contribution is -0.106. The molecular formula is C26H38INO3. The highest BCUT2D eigenvalue weighted by Gasteiger charge is 2.87. The van der Waals surface area contributed by atoms with Gasteiger partial charge in [0.15, 0.2) is 0 Å². The molecule has 4 aliphatic carbocycles. The topological polar surface area (TPSA) is 54.0 Å². The minimum absolute atomic E-state index is 0.0193. The number of allylic oxidation sites excluding steroid dienone is 1. The van der Waals surface area contributed by atoms with Gasteiger partial charge in [-0.2, -0.15) is 0 Å². The summed E-state index contributed by atoms with van der Waals surface area (Å²) >= 11 is 2.72. The van der Waals surface area contributed by atoms with Crippen LogP contribution in [0.4, 0.5) is 0 Å². The third-order valence-corrected chi connectivity index (χ3v) is 13.2. The molecule has 3 heterocycles. The van der Waals surface area contributed by atoms with Crippen LogP contribution in [0, 0.1) is 29.1 Å². The number of hydrogen-bond donors (Lipinski definition) is 2. The van der Waals surface area contributed by atoms with Crippen molar-refractivity contribution in [3.05, 3.63) is 11.6 Å². The van der Waals surface area contributed by atoms with E-state index in [4.69, 9.17) is 9.47 Å². The molecule has 0 aromatic rings. The lowest BCUT2D eigenvalue weighted by Crippen LogP contribution is -2.59. The van der Waals surface area contributed by atoms with Gasteiger partial charge >= 0.3 is 0 Å². The van der Waals surface area contributed by atoms with Gasteiger partial charge in [0.05, 0.1) is 16.1 Å². The smallest absolute Gasteiger partial charge is 0.125 e. The molecular weight excluding hydrogens is 501 g/mol. The number of ether oxygens (including phenoxy) is 2. The number of hydrogen-bond acceptors (Lipinski definition) is 4. The van der Waals surface area contributed by atoms with Gasteiger partial charge in [-0.25, -0.2) is 0 Å². The van der Waals surface area contributed by atoms with Crippen molar-refractivity contribution in [3.63, 3.8) is 0 Å². The van der Waals surface area contributed by atoms with E-state index in [1.54, 1.807) is 5.57 Å². The minimum atomic E-state index is -0.140. The van der Waals surface area contributed by atoms with E-state index in [2.05, 4.69) is 54.8 Å². The number of nitrogens with one attached hydrogen (secondary N) is 1. The second kappa shape index (κ2) is 6.30. The van der Waals surface area contributed by atoms with Crippen LogP contribution in [-0.2, 0) is 9.47 Å². The molecule has 7 aliphatic rings. The minimum Gasteiger partial charge on any atom is -0.393 e. The average molecular weight is 539 g/mol. The molecule has 5 heteroatoms. The number of aliphatic hydroxyl groups excluding tert-OH is 1. The molecule has 2 unspecified atom stereocenters. The monoisotopic (exact) mass is 539 g/mol. The summed E-state index contributed by atoms with van der Waals surface area (Å²) in [6, 6.07) is 0.473. The first-order valence-corrected chi connectivity index (χ1v) is 14.1. The number of halogens is 1. The molecule has 12 atom stereocenters. The van der Waals surface area contributed by atoms with Crippen LogP contribution in [0.2, 0.25) is 0 Å². The summed E-state index contributed by atoms with van der Waals surface area (Å²) in [6.45, 7) is 8.40. The van der Waals surface area contributed by atoms with E-state index >= 15 is 0 Å². The summed E-state index contributed by atoms with van der Waals surface area (Å²) in [4.78, 5) is 0. The lowest BCUT2D eigenvalue weighted by atomic mass is 9.56. The van der Waals surface area contributed by atoms with Crippen molar-refractivity contribution in [1.82, 2.24) is 5.32 Å². The van der Waals surface area contributed by atoms with Gasteiger partial charge < -0.3 is 19.9 Å². The highest BCUT2D eigenvalue weighted by atomic mass is 127. The van der Waals surface area contributed by atoms with E-state index in [0.29, 0.717) is 33.8 Å². The first-order chi connectivity index (χ1) is 14.7. The van der Waals surface area contributed by atoms with E-state index < -0.39 is 0 Å². The van der Waals surface area contributed by atoms with Gasteiger partial charge in [-0.3, -0.25) is 0 Å². The Hall–Kier alpha value is 0.310. The SMILES string of the molecule is C[C@@H]1CN[C@H]2[C@@H](I)[C@@]3(CC[C@H]4[C@@H]5CC=C6C[C@@H](O)CC[C@]6(C)[C@H]5CC45OC53C)O[C@@H]2C1. The van der Waals surface area contributed by atoms with Gasteiger partial charge in [0.1, 0.15) is 16.8 Å². The molecule has 7 rings (SSSR count). The summed E-state index contributed by atoms with van der Waals surface area (Å²) in [6.07, 6.45) is 11.7. The average Bonchev–Trinajstić information content (AvgIpc) is 3.08. The molecule has 0 amide bonds. The van der Waals surface area contributed by atoms with E-state index in [1.807, 2.05) is 0 Å². The van der Waals surface area contributed by atoms with Crippen molar-refractivity contribution in [2.24, 2.45) is 29.1 Å². The molecule has 4 nitrogen and oxygen atoms in total. The molecule has 0 aromatic carbocycles. The predicted molar refractivity (Wildman–Crippen MR) is 128 cm³/mol. The fraction of sp³-hybridized carbons (Fsp3) is 0.923. The number of fused-ring (bicyclic) bond motifs is 6. The first-order valence-electron chi connectivity index (χ1n) is 12.9. The van der Waals surface area contributed by atoms with Crippen LogP contribution in [0.15, 0.2) is 11.6 Å². The van der Waals surface area contributed by atoms with Crippen LogP contribution in [-0.4, -0.2) is 50.6 Å².